The molecule has 0 saturated heterocycles. The summed E-state index contributed by atoms with van der Waals surface area (Å²) >= 11 is 1.32. The summed E-state index contributed by atoms with van der Waals surface area (Å²) in [5, 5.41) is 20.5. The minimum Gasteiger partial charge on any atom is -0.497 e. The number of hydrogen-bond acceptors (Lipinski definition) is 6. The Morgan fingerprint density at radius 1 is 1.25 bits per heavy atom. The van der Waals surface area contributed by atoms with Crippen molar-refractivity contribution in [3.05, 3.63) is 54.1 Å². The van der Waals surface area contributed by atoms with Crippen LogP contribution in [0, 0.1) is 11.3 Å². The monoisotopic (exact) mass is 393 g/mol. The van der Waals surface area contributed by atoms with Gasteiger partial charge in [-0.15, -0.1) is 10.2 Å². The largest absolute Gasteiger partial charge is 0.497 e. The van der Waals surface area contributed by atoms with E-state index in [0.29, 0.717) is 22.2 Å². The molecule has 3 rings (SSSR count). The number of benzene rings is 2. The molecule has 1 atom stereocenters. The van der Waals surface area contributed by atoms with Crippen LogP contribution in [0.3, 0.4) is 0 Å². The van der Waals surface area contributed by atoms with Gasteiger partial charge < -0.3 is 14.6 Å². The molecule has 0 aliphatic rings. The van der Waals surface area contributed by atoms with Crippen molar-refractivity contribution >= 4 is 23.4 Å². The van der Waals surface area contributed by atoms with Gasteiger partial charge in [-0.25, -0.2) is 0 Å². The molecule has 7 nitrogen and oxygen atoms in total. The fourth-order valence-corrected chi connectivity index (χ4v) is 3.35. The number of methoxy groups -OCH3 is 1. The number of nitrogens with zero attached hydrogens (tertiary/aromatic N) is 4. The summed E-state index contributed by atoms with van der Waals surface area (Å²) in [7, 11) is 3.48. The van der Waals surface area contributed by atoms with Crippen LogP contribution in [-0.4, -0.2) is 33.0 Å². The molecule has 0 unspecified atom stereocenters. The van der Waals surface area contributed by atoms with Gasteiger partial charge in [0.25, 0.3) is 0 Å². The van der Waals surface area contributed by atoms with Crippen LogP contribution in [0.25, 0.3) is 11.4 Å². The zero-order valence-electron chi connectivity index (χ0n) is 15.7. The van der Waals surface area contributed by atoms with Crippen LogP contribution in [0.1, 0.15) is 12.5 Å². The minimum absolute atomic E-state index is 0.172. The zero-order valence-corrected chi connectivity index (χ0v) is 16.5. The number of thioether (sulfide) groups is 1. The Hall–Kier alpha value is -3.31. The molecular formula is C20H19N5O2S. The van der Waals surface area contributed by atoms with Gasteiger partial charge in [-0.3, -0.25) is 4.79 Å². The number of nitrogens with one attached hydrogen (secondary N) is 1. The van der Waals surface area contributed by atoms with E-state index in [4.69, 9.17) is 10.00 Å². The first-order chi connectivity index (χ1) is 13.5. The third-order valence-electron chi connectivity index (χ3n) is 4.09. The maximum atomic E-state index is 12.5. The first kappa shape index (κ1) is 19.5. The van der Waals surface area contributed by atoms with Crippen molar-refractivity contribution in [1.29, 1.82) is 5.26 Å². The maximum Gasteiger partial charge on any atom is 0.237 e. The maximum absolute atomic E-state index is 12.5. The summed E-state index contributed by atoms with van der Waals surface area (Å²) in [5.41, 5.74) is 2.00. The van der Waals surface area contributed by atoms with E-state index < -0.39 is 5.25 Å². The fraction of sp³-hybridized carbons (Fsp3) is 0.200. The third kappa shape index (κ3) is 4.32. The van der Waals surface area contributed by atoms with E-state index in [1.165, 1.54) is 11.8 Å². The van der Waals surface area contributed by atoms with Crippen LogP contribution in [0.4, 0.5) is 5.69 Å². The molecule has 0 fully saturated rings. The Morgan fingerprint density at radius 2 is 2.00 bits per heavy atom. The summed E-state index contributed by atoms with van der Waals surface area (Å²) in [5.74, 6) is 1.31. The minimum atomic E-state index is -0.391. The molecule has 3 aromatic rings. The second-order valence-electron chi connectivity index (χ2n) is 6.04. The summed E-state index contributed by atoms with van der Waals surface area (Å²) in [6.07, 6.45) is 0. The van der Waals surface area contributed by atoms with E-state index in [1.807, 2.05) is 35.9 Å². The van der Waals surface area contributed by atoms with Gasteiger partial charge in [0.05, 0.1) is 24.0 Å². The Kier molecular flexibility index (Phi) is 5.96. The zero-order chi connectivity index (χ0) is 20.1. The average molecular weight is 393 g/mol. The summed E-state index contributed by atoms with van der Waals surface area (Å²) in [6, 6.07) is 16.4. The topological polar surface area (TPSA) is 92.8 Å². The second-order valence-corrected chi connectivity index (χ2v) is 7.34. The molecule has 0 aliphatic heterocycles. The van der Waals surface area contributed by atoms with Crippen LogP contribution < -0.4 is 10.1 Å². The average Bonchev–Trinajstić information content (AvgIpc) is 3.08. The third-order valence-corrected chi connectivity index (χ3v) is 5.23. The highest BCUT2D eigenvalue weighted by molar-refractivity contribution is 8.00. The molecule has 0 bridgehead atoms. The van der Waals surface area contributed by atoms with Crippen molar-refractivity contribution in [3.63, 3.8) is 0 Å². The van der Waals surface area contributed by atoms with E-state index in [-0.39, 0.29) is 5.91 Å². The van der Waals surface area contributed by atoms with Gasteiger partial charge in [-0.1, -0.05) is 17.8 Å². The quantitative estimate of drug-likeness (QED) is 0.645. The van der Waals surface area contributed by atoms with Crippen molar-refractivity contribution in [1.82, 2.24) is 14.8 Å². The lowest BCUT2D eigenvalue weighted by Gasteiger charge is -2.12. The smallest absolute Gasteiger partial charge is 0.237 e. The molecule has 8 heteroatoms. The number of rotatable bonds is 6. The first-order valence-corrected chi connectivity index (χ1v) is 9.41. The van der Waals surface area contributed by atoms with Gasteiger partial charge in [-0.05, 0) is 49.4 Å². The molecule has 1 aromatic heterocycles. The summed E-state index contributed by atoms with van der Waals surface area (Å²) in [4.78, 5) is 12.5. The molecule has 0 saturated carbocycles. The van der Waals surface area contributed by atoms with Gasteiger partial charge >= 0.3 is 0 Å². The lowest BCUT2D eigenvalue weighted by atomic mass is 10.2. The number of ether oxygens (including phenoxy) is 1. The van der Waals surface area contributed by atoms with E-state index in [0.717, 1.165) is 11.3 Å². The molecule has 1 amide bonds. The van der Waals surface area contributed by atoms with Crippen molar-refractivity contribution in [2.24, 2.45) is 7.05 Å². The van der Waals surface area contributed by atoms with Crippen molar-refractivity contribution in [2.75, 3.05) is 12.4 Å². The SMILES string of the molecule is COc1ccc(-c2nnc(S[C@H](C)C(=O)Nc3cccc(C#N)c3)n2C)cc1. The first-order valence-electron chi connectivity index (χ1n) is 8.53. The Morgan fingerprint density at radius 3 is 2.68 bits per heavy atom. The number of nitriles is 1. The predicted octanol–water partition coefficient (Wildman–Crippen LogP) is 3.48. The van der Waals surface area contributed by atoms with Crippen molar-refractivity contribution < 1.29 is 9.53 Å². The van der Waals surface area contributed by atoms with Gasteiger partial charge in [0.15, 0.2) is 11.0 Å². The normalized spacial score (nSPS) is 11.5. The van der Waals surface area contributed by atoms with Crippen LogP contribution in [0.5, 0.6) is 5.75 Å². The number of amides is 1. The number of aromatic nitrogens is 3. The van der Waals surface area contributed by atoms with Gasteiger partial charge in [0.2, 0.25) is 5.91 Å². The number of hydrogen-bond donors (Lipinski definition) is 1. The fourth-order valence-electron chi connectivity index (χ4n) is 2.53. The molecule has 2 aromatic carbocycles. The van der Waals surface area contributed by atoms with Gasteiger partial charge in [0, 0.05) is 18.3 Å². The molecule has 1 N–H and O–H groups in total. The van der Waals surface area contributed by atoms with Gasteiger partial charge in [0.1, 0.15) is 5.75 Å². The van der Waals surface area contributed by atoms with Crippen molar-refractivity contribution in [3.8, 4) is 23.2 Å². The highest BCUT2D eigenvalue weighted by atomic mass is 32.2. The molecule has 142 valence electrons. The summed E-state index contributed by atoms with van der Waals surface area (Å²) in [6.45, 7) is 1.80. The number of carbonyl (C=O) groups is 1. The molecule has 0 radical (unpaired) electrons. The van der Waals surface area contributed by atoms with Crippen LogP contribution >= 0.6 is 11.8 Å². The number of carbonyl (C=O) groups excluding carboxylic acids is 1. The standard InChI is InChI=1S/C20H19N5O2S/c1-13(19(26)22-16-6-4-5-14(11-16)12-21)28-20-24-23-18(25(20)2)15-7-9-17(27-3)10-8-15/h4-11,13H,1-3H3,(H,22,26)/t13-/m1/s1. The molecule has 28 heavy (non-hydrogen) atoms. The Labute approximate surface area is 167 Å². The van der Waals surface area contributed by atoms with E-state index in [1.54, 1.807) is 38.3 Å². The molecular weight excluding hydrogens is 374 g/mol. The molecule has 1 heterocycles. The lowest BCUT2D eigenvalue weighted by molar-refractivity contribution is -0.115. The predicted molar refractivity (Wildman–Crippen MR) is 108 cm³/mol. The molecule has 0 aliphatic carbocycles. The highest BCUT2D eigenvalue weighted by Crippen LogP contribution is 2.27. The van der Waals surface area contributed by atoms with E-state index in [9.17, 15) is 4.79 Å². The second kappa shape index (κ2) is 8.59. The molecule has 0 spiro atoms. The van der Waals surface area contributed by atoms with E-state index >= 15 is 0 Å². The Bertz CT molecular complexity index is 1020. The Balaban J connectivity index is 1.70. The lowest BCUT2D eigenvalue weighted by Crippen LogP contribution is -2.22. The highest BCUT2D eigenvalue weighted by Gasteiger charge is 2.19. The van der Waals surface area contributed by atoms with Crippen LogP contribution in [0.15, 0.2) is 53.7 Å². The van der Waals surface area contributed by atoms with E-state index in [2.05, 4.69) is 21.6 Å². The van der Waals surface area contributed by atoms with Gasteiger partial charge in [-0.2, -0.15) is 5.26 Å². The van der Waals surface area contributed by atoms with Crippen molar-refractivity contribution in [2.45, 2.75) is 17.3 Å². The summed E-state index contributed by atoms with van der Waals surface area (Å²) < 4.78 is 7.03. The van der Waals surface area contributed by atoms with Crippen LogP contribution in [0.2, 0.25) is 0 Å². The van der Waals surface area contributed by atoms with Crippen LogP contribution in [-0.2, 0) is 11.8 Å². The number of anilines is 1.